The number of primary amides is 1. The number of hydrogen-bond donors (Lipinski definition) is 2. The van der Waals surface area contributed by atoms with Crippen LogP contribution < -0.4 is 11.1 Å². The highest BCUT2D eigenvalue weighted by molar-refractivity contribution is 7.13. The number of aromatic nitrogens is 1. The number of carbonyl (C=O) groups is 3. The average Bonchev–Trinajstić information content (AvgIpc) is 2.92. The molecule has 2 rings (SSSR count). The molecule has 1 aliphatic heterocycles. The summed E-state index contributed by atoms with van der Waals surface area (Å²) >= 11 is 1.22. The summed E-state index contributed by atoms with van der Waals surface area (Å²) in [6.45, 7) is 2.23. The van der Waals surface area contributed by atoms with E-state index in [2.05, 4.69) is 10.3 Å². The smallest absolute Gasteiger partial charge is 0.226 e. The lowest BCUT2D eigenvalue weighted by molar-refractivity contribution is -0.136. The standard InChI is InChI=1S/C13H18N4O4S/c14-10(18)7-9-8-22-13(15-9)16-11(19)1-2-12(20)17-3-5-21-6-4-17/h8H,1-7H2,(H2,14,18)(H,15,16,19). The van der Waals surface area contributed by atoms with Gasteiger partial charge in [0.25, 0.3) is 0 Å². The Kier molecular flexibility index (Phi) is 5.84. The third-order valence-electron chi connectivity index (χ3n) is 3.08. The quantitative estimate of drug-likeness (QED) is 0.748. The van der Waals surface area contributed by atoms with Crippen molar-refractivity contribution < 1.29 is 19.1 Å². The van der Waals surface area contributed by atoms with E-state index in [1.54, 1.807) is 10.3 Å². The maximum Gasteiger partial charge on any atom is 0.226 e. The van der Waals surface area contributed by atoms with Crippen LogP contribution in [0.1, 0.15) is 18.5 Å². The third kappa shape index (κ3) is 5.08. The molecule has 1 aromatic rings. The van der Waals surface area contributed by atoms with Crippen molar-refractivity contribution in [3.63, 3.8) is 0 Å². The fourth-order valence-electron chi connectivity index (χ4n) is 2.00. The minimum absolute atomic E-state index is 0.0435. The van der Waals surface area contributed by atoms with Gasteiger partial charge in [0, 0.05) is 31.3 Å². The van der Waals surface area contributed by atoms with Crippen molar-refractivity contribution >= 4 is 34.2 Å². The van der Waals surface area contributed by atoms with Gasteiger partial charge >= 0.3 is 0 Å². The van der Waals surface area contributed by atoms with Gasteiger partial charge in [-0.15, -0.1) is 11.3 Å². The number of nitrogens with one attached hydrogen (secondary N) is 1. The van der Waals surface area contributed by atoms with Crippen molar-refractivity contribution in [2.24, 2.45) is 5.73 Å². The van der Waals surface area contributed by atoms with Gasteiger partial charge in [-0.3, -0.25) is 14.4 Å². The van der Waals surface area contributed by atoms with Crippen molar-refractivity contribution in [1.82, 2.24) is 9.88 Å². The van der Waals surface area contributed by atoms with E-state index >= 15 is 0 Å². The highest BCUT2D eigenvalue weighted by Gasteiger charge is 2.18. The van der Waals surface area contributed by atoms with Crippen LogP contribution in [-0.4, -0.2) is 53.9 Å². The Morgan fingerprint density at radius 1 is 1.32 bits per heavy atom. The number of nitrogens with two attached hydrogens (primary N) is 1. The molecule has 1 fully saturated rings. The van der Waals surface area contributed by atoms with Gasteiger partial charge in [0.15, 0.2) is 5.13 Å². The van der Waals surface area contributed by atoms with Crippen molar-refractivity contribution in [3.8, 4) is 0 Å². The molecule has 3 N–H and O–H groups in total. The average molecular weight is 326 g/mol. The molecule has 1 saturated heterocycles. The maximum atomic E-state index is 11.9. The molecule has 0 unspecified atom stereocenters. The van der Waals surface area contributed by atoms with Crippen LogP contribution in [0, 0.1) is 0 Å². The molecule has 120 valence electrons. The Morgan fingerprint density at radius 3 is 2.73 bits per heavy atom. The van der Waals surface area contributed by atoms with Crippen molar-refractivity contribution in [2.45, 2.75) is 19.3 Å². The summed E-state index contributed by atoms with van der Waals surface area (Å²) in [7, 11) is 0. The SMILES string of the molecule is NC(=O)Cc1csc(NC(=O)CCC(=O)N2CCOCC2)n1. The Labute approximate surface area is 131 Å². The number of rotatable bonds is 6. The molecule has 0 bridgehead atoms. The van der Waals surface area contributed by atoms with Crippen molar-refractivity contribution in [3.05, 3.63) is 11.1 Å². The second kappa shape index (κ2) is 7.85. The van der Waals surface area contributed by atoms with Crippen molar-refractivity contribution in [1.29, 1.82) is 0 Å². The molecule has 2 heterocycles. The molecule has 0 saturated carbocycles. The van der Waals surface area contributed by atoms with Gasteiger partial charge in [-0.25, -0.2) is 4.98 Å². The topological polar surface area (TPSA) is 115 Å². The largest absolute Gasteiger partial charge is 0.378 e. The highest BCUT2D eigenvalue weighted by Crippen LogP contribution is 2.16. The summed E-state index contributed by atoms with van der Waals surface area (Å²) in [5.74, 6) is -0.798. The zero-order valence-corrected chi connectivity index (χ0v) is 12.9. The van der Waals surface area contributed by atoms with Gasteiger partial charge in [0.1, 0.15) is 0 Å². The van der Waals surface area contributed by atoms with Crippen LogP contribution in [-0.2, 0) is 25.5 Å². The summed E-state index contributed by atoms with van der Waals surface area (Å²) in [5.41, 5.74) is 5.60. The molecule has 1 aliphatic rings. The van der Waals surface area contributed by atoms with E-state index in [0.29, 0.717) is 37.1 Å². The summed E-state index contributed by atoms with van der Waals surface area (Å²) in [6, 6.07) is 0. The first-order valence-electron chi connectivity index (χ1n) is 6.92. The maximum absolute atomic E-state index is 11.9. The van der Waals surface area contributed by atoms with E-state index in [1.807, 2.05) is 0 Å². The number of amides is 3. The number of anilines is 1. The molecule has 0 aliphatic carbocycles. The molecule has 8 nitrogen and oxygen atoms in total. The third-order valence-corrected chi connectivity index (χ3v) is 3.89. The van der Waals surface area contributed by atoms with Gasteiger partial charge in [0.05, 0.1) is 25.3 Å². The van der Waals surface area contributed by atoms with E-state index in [9.17, 15) is 14.4 Å². The zero-order valence-electron chi connectivity index (χ0n) is 12.0. The Bertz CT molecular complexity index is 554. The molecular formula is C13H18N4O4S. The second-order valence-corrected chi connectivity index (χ2v) is 5.69. The van der Waals surface area contributed by atoms with Crippen LogP contribution in [0.2, 0.25) is 0 Å². The lowest BCUT2D eigenvalue weighted by Crippen LogP contribution is -2.40. The van der Waals surface area contributed by atoms with Gasteiger partial charge < -0.3 is 20.7 Å². The summed E-state index contributed by atoms with van der Waals surface area (Å²) in [5, 5.41) is 4.68. The van der Waals surface area contributed by atoms with E-state index in [0.717, 1.165) is 0 Å². The van der Waals surface area contributed by atoms with Crippen LogP contribution in [0.5, 0.6) is 0 Å². The minimum Gasteiger partial charge on any atom is -0.378 e. The number of thiazole rings is 1. The van der Waals surface area contributed by atoms with E-state index in [-0.39, 0.29) is 31.1 Å². The lowest BCUT2D eigenvalue weighted by Gasteiger charge is -2.26. The van der Waals surface area contributed by atoms with Gasteiger partial charge in [-0.1, -0.05) is 0 Å². The van der Waals surface area contributed by atoms with Gasteiger partial charge in [0.2, 0.25) is 17.7 Å². The first kappa shape index (κ1) is 16.4. The number of morpholine rings is 1. The summed E-state index contributed by atoms with van der Waals surface area (Å²) in [4.78, 5) is 40.3. The minimum atomic E-state index is -0.473. The van der Waals surface area contributed by atoms with Crippen molar-refractivity contribution in [2.75, 3.05) is 31.6 Å². The van der Waals surface area contributed by atoms with Gasteiger partial charge in [-0.2, -0.15) is 0 Å². The fraction of sp³-hybridized carbons (Fsp3) is 0.538. The molecule has 0 radical (unpaired) electrons. The van der Waals surface area contributed by atoms with Gasteiger partial charge in [-0.05, 0) is 0 Å². The molecule has 0 atom stereocenters. The Morgan fingerprint density at radius 2 is 2.05 bits per heavy atom. The van der Waals surface area contributed by atoms with E-state index in [1.165, 1.54) is 11.3 Å². The number of ether oxygens (including phenoxy) is 1. The predicted octanol–water partition coefficient (Wildman–Crippen LogP) is -0.252. The molecule has 9 heteroatoms. The first-order valence-corrected chi connectivity index (χ1v) is 7.80. The number of hydrogen-bond acceptors (Lipinski definition) is 6. The zero-order chi connectivity index (χ0) is 15.9. The Hall–Kier alpha value is -2.00. The molecular weight excluding hydrogens is 308 g/mol. The van der Waals surface area contributed by atoms with Crippen LogP contribution in [0.25, 0.3) is 0 Å². The monoisotopic (exact) mass is 326 g/mol. The highest BCUT2D eigenvalue weighted by atomic mass is 32.1. The van der Waals surface area contributed by atoms with Crippen LogP contribution >= 0.6 is 11.3 Å². The number of carbonyl (C=O) groups excluding carboxylic acids is 3. The predicted molar refractivity (Wildman–Crippen MR) is 80.3 cm³/mol. The van der Waals surface area contributed by atoms with E-state index in [4.69, 9.17) is 10.5 Å². The lowest BCUT2D eigenvalue weighted by atomic mass is 10.2. The molecule has 0 aromatic carbocycles. The summed E-state index contributed by atoms with van der Waals surface area (Å²) in [6.07, 6.45) is 0.300. The normalized spacial score (nSPS) is 14.6. The summed E-state index contributed by atoms with van der Waals surface area (Å²) < 4.78 is 5.17. The van der Waals surface area contributed by atoms with Crippen LogP contribution in [0.15, 0.2) is 5.38 Å². The van der Waals surface area contributed by atoms with Crippen LogP contribution in [0.3, 0.4) is 0 Å². The molecule has 0 spiro atoms. The van der Waals surface area contributed by atoms with Crippen LogP contribution in [0.4, 0.5) is 5.13 Å². The first-order chi connectivity index (χ1) is 10.5. The molecule has 1 aromatic heterocycles. The Balaban J connectivity index is 1.74. The second-order valence-electron chi connectivity index (χ2n) is 4.83. The number of nitrogens with zero attached hydrogens (tertiary/aromatic N) is 2. The molecule has 3 amide bonds. The van der Waals surface area contributed by atoms with E-state index < -0.39 is 5.91 Å². The molecule has 22 heavy (non-hydrogen) atoms. The fourth-order valence-corrected chi connectivity index (χ4v) is 2.72.